The minimum Gasteiger partial charge on any atom is -0.381 e. The van der Waals surface area contributed by atoms with E-state index in [-0.39, 0.29) is 17.4 Å². The van der Waals surface area contributed by atoms with Gasteiger partial charge in [-0.1, -0.05) is 42.8 Å². The van der Waals surface area contributed by atoms with Gasteiger partial charge in [-0.3, -0.25) is 4.79 Å². The number of nitrogens with one attached hydrogen (secondary N) is 2. The molecule has 5 heteroatoms. The summed E-state index contributed by atoms with van der Waals surface area (Å²) in [4.78, 5) is 14.2. The van der Waals surface area contributed by atoms with Crippen LogP contribution in [0.3, 0.4) is 0 Å². The van der Waals surface area contributed by atoms with Gasteiger partial charge >= 0.3 is 0 Å². The van der Waals surface area contributed by atoms with Crippen LogP contribution in [0.15, 0.2) is 59.5 Å². The first kappa shape index (κ1) is 18.1. The molecule has 0 radical (unpaired) electrons. The van der Waals surface area contributed by atoms with Crippen molar-refractivity contribution in [1.29, 1.82) is 0 Å². The summed E-state index contributed by atoms with van der Waals surface area (Å²) in [6.07, 6.45) is 5.46. The molecule has 1 saturated heterocycles. The van der Waals surface area contributed by atoms with E-state index in [4.69, 9.17) is 0 Å². The molecule has 1 saturated carbocycles. The summed E-state index contributed by atoms with van der Waals surface area (Å²) < 4.78 is 2.28. The van der Waals surface area contributed by atoms with Gasteiger partial charge in [0.2, 0.25) is 5.91 Å². The lowest BCUT2D eigenvalue weighted by Gasteiger charge is -2.33. The Balaban J connectivity index is 1.18. The first-order chi connectivity index (χ1) is 13.8. The Kier molecular flexibility index (Phi) is 4.81. The summed E-state index contributed by atoms with van der Waals surface area (Å²) in [6.45, 7) is 1.73. The highest BCUT2D eigenvalue weighted by molar-refractivity contribution is 7.97. The van der Waals surface area contributed by atoms with E-state index >= 15 is 0 Å². The number of carbonyl (C=O) groups excluding carboxylic acids is 1. The van der Waals surface area contributed by atoms with Crippen LogP contribution in [-0.4, -0.2) is 35.4 Å². The number of carbonyl (C=O) groups is 1. The first-order valence-electron chi connectivity index (χ1n) is 10.4. The van der Waals surface area contributed by atoms with Crippen molar-refractivity contribution in [3.63, 3.8) is 0 Å². The Bertz CT molecular complexity index is 858. The number of para-hydroxylation sites is 1. The first-order valence-corrected chi connectivity index (χ1v) is 11.2. The number of hydrogen-bond acceptors (Lipinski definition) is 4. The molecule has 3 aliphatic rings. The van der Waals surface area contributed by atoms with Crippen molar-refractivity contribution in [2.45, 2.75) is 54.5 Å². The molecule has 28 heavy (non-hydrogen) atoms. The van der Waals surface area contributed by atoms with Crippen molar-refractivity contribution in [1.82, 2.24) is 9.62 Å². The number of benzene rings is 2. The van der Waals surface area contributed by atoms with Gasteiger partial charge in [-0.15, -0.1) is 0 Å². The predicted molar refractivity (Wildman–Crippen MR) is 114 cm³/mol. The normalized spacial score (nSPS) is 28.1. The maximum Gasteiger partial charge on any atom is 0.238 e. The molecule has 0 aromatic heterocycles. The highest BCUT2D eigenvalue weighted by Crippen LogP contribution is 2.59. The van der Waals surface area contributed by atoms with Crippen LogP contribution in [0, 0.1) is 0 Å². The van der Waals surface area contributed by atoms with Crippen molar-refractivity contribution in [2.75, 3.05) is 18.4 Å². The number of nitrogens with zero attached hydrogens (tertiary/aromatic N) is 1. The smallest absolute Gasteiger partial charge is 0.238 e. The summed E-state index contributed by atoms with van der Waals surface area (Å²) in [5, 5.41) is 6.88. The fraction of sp³-hybridized carbons (Fsp3) is 0.435. The fourth-order valence-corrected chi connectivity index (χ4v) is 5.95. The summed E-state index contributed by atoms with van der Waals surface area (Å²) in [5.74, 6) is 0.191. The molecular weight excluding hydrogens is 366 g/mol. The van der Waals surface area contributed by atoms with Crippen LogP contribution in [0.2, 0.25) is 0 Å². The Hall–Kier alpha value is -1.98. The quantitative estimate of drug-likeness (QED) is 0.723. The van der Waals surface area contributed by atoms with E-state index in [9.17, 15) is 4.79 Å². The molecule has 2 N–H and O–H groups in total. The van der Waals surface area contributed by atoms with E-state index < -0.39 is 0 Å². The Labute approximate surface area is 171 Å². The lowest BCUT2D eigenvalue weighted by Crippen LogP contribution is -2.46. The number of hydrogen-bond donors (Lipinski definition) is 2. The van der Waals surface area contributed by atoms with Crippen LogP contribution >= 0.6 is 11.9 Å². The van der Waals surface area contributed by atoms with Gasteiger partial charge in [0.15, 0.2) is 0 Å². The van der Waals surface area contributed by atoms with Crippen LogP contribution in [0.5, 0.6) is 0 Å². The van der Waals surface area contributed by atoms with E-state index in [0.717, 1.165) is 38.8 Å². The van der Waals surface area contributed by atoms with Gasteiger partial charge in [0.1, 0.15) is 0 Å². The molecule has 146 valence electrons. The fourth-order valence-electron chi connectivity index (χ4n) is 4.85. The molecule has 2 fully saturated rings. The highest BCUT2D eigenvalue weighted by Gasteiger charge is 2.59. The number of anilines is 1. The van der Waals surface area contributed by atoms with E-state index in [1.54, 1.807) is 11.9 Å². The van der Waals surface area contributed by atoms with Crippen LogP contribution in [0.1, 0.15) is 37.7 Å². The second-order valence-corrected chi connectivity index (χ2v) is 9.32. The Morgan fingerprint density at radius 2 is 1.96 bits per heavy atom. The van der Waals surface area contributed by atoms with Gasteiger partial charge < -0.3 is 10.6 Å². The van der Waals surface area contributed by atoms with Crippen LogP contribution in [0.4, 0.5) is 5.69 Å². The maximum atomic E-state index is 13.0. The molecule has 0 spiro atoms. The van der Waals surface area contributed by atoms with Gasteiger partial charge in [-0.05, 0) is 61.4 Å². The monoisotopic (exact) mass is 393 g/mol. The SMILES string of the molecule is O=C(NCCC12CC1Nc1ccccc12)C1CCCCN1Sc1ccccc1. The maximum absolute atomic E-state index is 13.0. The highest BCUT2D eigenvalue weighted by atomic mass is 32.2. The van der Waals surface area contributed by atoms with Crippen LogP contribution < -0.4 is 10.6 Å². The van der Waals surface area contributed by atoms with E-state index in [2.05, 4.69) is 63.5 Å². The minimum atomic E-state index is -0.0274. The molecule has 2 aromatic rings. The summed E-state index contributed by atoms with van der Waals surface area (Å²) in [5.41, 5.74) is 2.96. The second kappa shape index (κ2) is 7.45. The second-order valence-electron chi connectivity index (χ2n) is 8.20. The van der Waals surface area contributed by atoms with Crippen LogP contribution in [0.25, 0.3) is 0 Å². The third kappa shape index (κ3) is 3.31. The molecule has 3 unspecified atom stereocenters. The topological polar surface area (TPSA) is 44.4 Å². The molecule has 2 aromatic carbocycles. The minimum absolute atomic E-state index is 0.0274. The molecule has 3 atom stereocenters. The van der Waals surface area contributed by atoms with Gasteiger partial charge in [-0.25, -0.2) is 4.31 Å². The van der Waals surface area contributed by atoms with E-state index in [1.165, 1.54) is 22.6 Å². The summed E-state index contributed by atoms with van der Waals surface area (Å²) in [6, 6.07) is 19.5. The van der Waals surface area contributed by atoms with E-state index in [0.29, 0.717) is 6.04 Å². The third-order valence-electron chi connectivity index (χ3n) is 6.46. The largest absolute Gasteiger partial charge is 0.381 e. The number of amides is 1. The van der Waals surface area contributed by atoms with Crippen molar-refractivity contribution in [3.8, 4) is 0 Å². The van der Waals surface area contributed by atoms with Gasteiger partial charge in [0.05, 0.1) is 6.04 Å². The van der Waals surface area contributed by atoms with Crippen molar-refractivity contribution in [3.05, 3.63) is 60.2 Å². The zero-order valence-corrected chi connectivity index (χ0v) is 16.9. The molecular formula is C23H27N3OS. The van der Waals surface area contributed by atoms with Gasteiger partial charge in [-0.2, -0.15) is 0 Å². The zero-order chi connectivity index (χ0) is 19.0. The average Bonchev–Trinajstić information content (AvgIpc) is 3.34. The number of rotatable bonds is 6. The Morgan fingerprint density at radius 3 is 2.86 bits per heavy atom. The molecule has 2 heterocycles. The van der Waals surface area contributed by atoms with Crippen LogP contribution in [-0.2, 0) is 10.2 Å². The van der Waals surface area contributed by atoms with E-state index in [1.807, 2.05) is 6.07 Å². The van der Waals surface area contributed by atoms with Gasteiger partial charge in [0, 0.05) is 35.1 Å². The molecule has 4 nitrogen and oxygen atoms in total. The molecule has 2 aliphatic heterocycles. The summed E-state index contributed by atoms with van der Waals surface area (Å²) in [7, 11) is 0. The molecule has 5 rings (SSSR count). The lowest BCUT2D eigenvalue weighted by molar-refractivity contribution is -0.125. The summed E-state index contributed by atoms with van der Waals surface area (Å²) >= 11 is 1.72. The predicted octanol–water partition coefficient (Wildman–Crippen LogP) is 4.19. The average molecular weight is 394 g/mol. The van der Waals surface area contributed by atoms with Crippen molar-refractivity contribution < 1.29 is 4.79 Å². The third-order valence-corrected chi connectivity index (χ3v) is 7.62. The molecule has 0 bridgehead atoms. The number of piperidine rings is 1. The lowest BCUT2D eigenvalue weighted by atomic mass is 9.92. The number of fused-ring (bicyclic) bond motifs is 3. The Morgan fingerprint density at radius 1 is 1.14 bits per heavy atom. The van der Waals surface area contributed by atoms with Gasteiger partial charge in [0.25, 0.3) is 0 Å². The zero-order valence-electron chi connectivity index (χ0n) is 16.1. The molecule has 1 amide bonds. The molecule has 1 aliphatic carbocycles. The van der Waals surface area contributed by atoms with Crippen molar-refractivity contribution in [2.24, 2.45) is 0 Å². The standard InChI is InChI=1S/C23H27N3OS/c27-22(20-12-6-7-15-26(20)28-17-8-2-1-3-9-17)24-14-13-23-16-21(23)25-19-11-5-4-10-18(19)23/h1-5,8-11,20-21,25H,6-7,12-16H2,(H,24,27). The van der Waals surface area contributed by atoms with Crippen molar-refractivity contribution >= 4 is 23.5 Å².